The number of benzene rings is 4. The average molecular weight is 561 g/mol. The highest BCUT2D eigenvalue weighted by atomic mass is 35.5. The van der Waals surface area contributed by atoms with Gasteiger partial charge >= 0.3 is 0 Å². The maximum absolute atomic E-state index is 6.75. The second kappa shape index (κ2) is 8.61. The summed E-state index contributed by atoms with van der Waals surface area (Å²) in [6.07, 6.45) is 0. The fraction of sp³-hybridized carbons (Fsp3) is 0.400. The Kier molecular flexibility index (Phi) is 5.94. The molecule has 0 aromatic heterocycles. The fourth-order valence-electron chi connectivity index (χ4n) is 7.47. The number of fused-ring (bicyclic) bond motifs is 6. The normalized spacial score (nSPS) is 19.0. The van der Waals surface area contributed by atoms with Gasteiger partial charge in [-0.2, -0.15) is 0 Å². The molecular formula is C40H45Cl. The smallest absolute Gasteiger partial charge is 0.0716 e. The third kappa shape index (κ3) is 4.00. The van der Waals surface area contributed by atoms with Gasteiger partial charge in [0.25, 0.3) is 0 Å². The van der Waals surface area contributed by atoms with Gasteiger partial charge in [0.05, 0.1) is 5.41 Å². The quantitative estimate of drug-likeness (QED) is 0.191. The summed E-state index contributed by atoms with van der Waals surface area (Å²) in [4.78, 5) is 0. The first kappa shape index (κ1) is 28.3. The number of rotatable bonds is 1. The minimum Gasteiger partial charge on any atom is -0.0843 e. The van der Waals surface area contributed by atoms with Crippen LogP contribution in [-0.4, -0.2) is 0 Å². The lowest BCUT2D eigenvalue weighted by Gasteiger charge is -2.37. The van der Waals surface area contributed by atoms with E-state index in [0.29, 0.717) is 0 Å². The highest BCUT2D eigenvalue weighted by Crippen LogP contribution is 2.62. The van der Waals surface area contributed by atoms with Crippen molar-refractivity contribution in [2.24, 2.45) is 0 Å². The van der Waals surface area contributed by atoms with Crippen LogP contribution in [0.4, 0.5) is 0 Å². The van der Waals surface area contributed by atoms with Crippen molar-refractivity contribution < 1.29 is 0 Å². The molecule has 0 amide bonds. The molecule has 41 heavy (non-hydrogen) atoms. The van der Waals surface area contributed by atoms with Gasteiger partial charge in [0, 0.05) is 10.4 Å². The predicted molar refractivity (Wildman–Crippen MR) is 177 cm³/mol. The van der Waals surface area contributed by atoms with Crippen molar-refractivity contribution in [3.63, 3.8) is 0 Å². The van der Waals surface area contributed by atoms with Gasteiger partial charge in [-0.15, -0.1) is 0 Å². The Balaban J connectivity index is 1.85. The van der Waals surface area contributed by atoms with E-state index < -0.39 is 5.41 Å². The lowest BCUT2D eigenvalue weighted by molar-refractivity contribution is 0.546. The molecule has 1 unspecified atom stereocenters. The van der Waals surface area contributed by atoms with Crippen LogP contribution in [0.15, 0.2) is 72.8 Å². The van der Waals surface area contributed by atoms with E-state index in [4.69, 9.17) is 11.6 Å². The zero-order chi connectivity index (χ0) is 29.9. The van der Waals surface area contributed by atoms with Crippen molar-refractivity contribution in [3.05, 3.63) is 128 Å². The Morgan fingerprint density at radius 3 is 1.71 bits per heavy atom. The SMILES string of the molecule is CC(C)(C)c1ccc(C23c4ccc(C(C)(C)C)c(c4)C(C)(C)c4cc(C(C)(C)C)cc(c42)-c2cc(Cl)ccc23)cc1. The first-order chi connectivity index (χ1) is 18.9. The highest BCUT2D eigenvalue weighted by molar-refractivity contribution is 6.31. The summed E-state index contributed by atoms with van der Waals surface area (Å²) in [5.41, 5.74) is 14.6. The molecule has 2 aliphatic rings. The average Bonchev–Trinajstić information content (AvgIpc) is 3.13. The van der Waals surface area contributed by atoms with E-state index in [9.17, 15) is 0 Å². The summed E-state index contributed by atoms with van der Waals surface area (Å²) in [5, 5.41) is 0.788. The second-order valence-electron chi connectivity index (χ2n) is 16.1. The molecule has 4 aromatic carbocycles. The van der Waals surface area contributed by atoms with Gasteiger partial charge in [-0.1, -0.05) is 148 Å². The van der Waals surface area contributed by atoms with E-state index in [-0.39, 0.29) is 21.7 Å². The Bertz CT molecular complexity index is 1690. The van der Waals surface area contributed by atoms with E-state index in [1.165, 1.54) is 61.2 Å². The van der Waals surface area contributed by atoms with Crippen LogP contribution in [-0.2, 0) is 27.1 Å². The Labute approximate surface area is 253 Å². The molecule has 0 aliphatic heterocycles. The topological polar surface area (TPSA) is 0 Å². The molecule has 4 aromatic rings. The molecule has 212 valence electrons. The number of hydrogen-bond donors (Lipinski definition) is 0. The highest BCUT2D eigenvalue weighted by Gasteiger charge is 2.52. The molecule has 2 bridgehead atoms. The molecule has 0 heterocycles. The lowest BCUT2D eigenvalue weighted by Crippen LogP contribution is -2.31. The molecule has 2 aliphatic carbocycles. The van der Waals surface area contributed by atoms with Crippen LogP contribution in [0.2, 0.25) is 5.02 Å². The van der Waals surface area contributed by atoms with Gasteiger partial charge in [0.2, 0.25) is 0 Å². The Morgan fingerprint density at radius 1 is 0.512 bits per heavy atom. The van der Waals surface area contributed by atoms with Crippen LogP contribution in [0.3, 0.4) is 0 Å². The second-order valence-corrected chi connectivity index (χ2v) is 16.5. The summed E-state index contributed by atoms with van der Waals surface area (Å²) in [6.45, 7) is 25.8. The fourth-order valence-corrected chi connectivity index (χ4v) is 7.64. The maximum atomic E-state index is 6.75. The monoisotopic (exact) mass is 560 g/mol. The summed E-state index contributed by atoms with van der Waals surface area (Å²) in [7, 11) is 0. The van der Waals surface area contributed by atoms with Crippen LogP contribution in [0, 0.1) is 0 Å². The zero-order valence-electron chi connectivity index (χ0n) is 26.8. The molecule has 0 N–H and O–H groups in total. The largest absolute Gasteiger partial charge is 0.0843 e. The van der Waals surface area contributed by atoms with Crippen LogP contribution in [0.1, 0.15) is 126 Å². The van der Waals surface area contributed by atoms with E-state index in [2.05, 4.69) is 149 Å². The maximum Gasteiger partial charge on any atom is 0.0716 e. The Morgan fingerprint density at radius 2 is 1.12 bits per heavy atom. The standard InChI is InChI=1S/C40H45Cl/c1-36(2,3)24-12-14-25(15-13-24)40-26-16-18-32(38(7,8)9)33(21-26)39(10,11)34-22-27(37(4,5)6)20-30(35(34)40)29-23-28(41)17-19-31(29)40/h12-23H,1-11H3. The Hall–Kier alpha value is -2.83. The van der Waals surface area contributed by atoms with Crippen LogP contribution in [0.25, 0.3) is 11.1 Å². The van der Waals surface area contributed by atoms with Crippen molar-refractivity contribution >= 4 is 11.6 Å². The van der Waals surface area contributed by atoms with Crippen LogP contribution in [0.5, 0.6) is 0 Å². The lowest BCUT2D eigenvalue weighted by atomic mass is 9.65. The van der Waals surface area contributed by atoms with E-state index in [1.807, 2.05) is 0 Å². The van der Waals surface area contributed by atoms with E-state index in [0.717, 1.165) is 5.02 Å². The van der Waals surface area contributed by atoms with Crippen molar-refractivity contribution in [3.8, 4) is 11.1 Å². The van der Waals surface area contributed by atoms with Crippen molar-refractivity contribution in [1.29, 1.82) is 0 Å². The van der Waals surface area contributed by atoms with E-state index in [1.54, 1.807) is 0 Å². The molecule has 0 spiro atoms. The van der Waals surface area contributed by atoms with Gasteiger partial charge in [0.1, 0.15) is 0 Å². The van der Waals surface area contributed by atoms with Gasteiger partial charge in [-0.25, -0.2) is 0 Å². The summed E-state index contributed by atoms with van der Waals surface area (Å²) < 4.78 is 0. The van der Waals surface area contributed by atoms with Gasteiger partial charge in [-0.3, -0.25) is 0 Å². The molecule has 0 saturated carbocycles. The minimum absolute atomic E-state index is 0.0116. The van der Waals surface area contributed by atoms with Crippen molar-refractivity contribution in [1.82, 2.24) is 0 Å². The summed E-state index contributed by atoms with van der Waals surface area (Å²) in [5.74, 6) is 0. The number of halogens is 1. The molecule has 1 heteroatoms. The summed E-state index contributed by atoms with van der Waals surface area (Å²) in [6, 6.07) is 28.5. The van der Waals surface area contributed by atoms with Gasteiger partial charge in [-0.05, 0) is 89.6 Å². The zero-order valence-corrected chi connectivity index (χ0v) is 27.6. The van der Waals surface area contributed by atoms with Gasteiger partial charge in [0.15, 0.2) is 0 Å². The molecule has 0 radical (unpaired) electrons. The molecule has 0 saturated heterocycles. The first-order valence-electron chi connectivity index (χ1n) is 15.1. The number of hydrogen-bond acceptors (Lipinski definition) is 0. The third-order valence-electron chi connectivity index (χ3n) is 9.85. The summed E-state index contributed by atoms with van der Waals surface area (Å²) >= 11 is 6.75. The molecule has 0 fully saturated rings. The molecule has 1 atom stereocenters. The minimum atomic E-state index is -0.420. The molecule has 6 rings (SSSR count). The molecule has 0 nitrogen and oxygen atoms in total. The predicted octanol–water partition coefficient (Wildman–Crippen LogP) is 11.2. The molecular weight excluding hydrogens is 516 g/mol. The van der Waals surface area contributed by atoms with Crippen molar-refractivity contribution in [2.75, 3.05) is 0 Å². The third-order valence-corrected chi connectivity index (χ3v) is 10.1. The first-order valence-corrected chi connectivity index (χ1v) is 15.5. The van der Waals surface area contributed by atoms with Crippen LogP contribution < -0.4 is 0 Å². The van der Waals surface area contributed by atoms with Crippen LogP contribution >= 0.6 is 11.6 Å². The van der Waals surface area contributed by atoms with E-state index >= 15 is 0 Å². The van der Waals surface area contributed by atoms with Crippen molar-refractivity contribution in [2.45, 2.75) is 103 Å². The van der Waals surface area contributed by atoms with Gasteiger partial charge < -0.3 is 0 Å².